The Morgan fingerprint density at radius 3 is 2.94 bits per heavy atom. The van der Waals surface area contributed by atoms with Gasteiger partial charge in [-0.1, -0.05) is 6.92 Å². The molecule has 1 rings (SSSR count). The standard InChI is InChI=1S/C11H21N3OS/c1-5-12-9(6-7-16-4)11-10(15-3)8-13-14(11)2/h8-9,12H,5-7H2,1-4H3. The summed E-state index contributed by atoms with van der Waals surface area (Å²) in [6.45, 7) is 3.07. The first-order valence-electron chi connectivity index (χ1n) is 5.52. The number of nitrogens with one attached hydrogen (secondary N) is 1. The van der Waals surface area contributed by atoms with E-state index in [0.717, 1.165) is 30.2 Å². The van der Waals surface area contributed by atoms with Crippen molar-refractivity contribution in [1.82, 2.24) is 15.1 Å². The maximum Gasteiger partial charge on any atom is 0.161 e. The number of ether oxygens (including phenoxy) is 1. The summed E-state index contributed by atoms with van der Waals surface area (Å²) in [6, 6.07) is 0.319. The Bertz CT molecular complexity index is 314. The predicted octanol–water partition coefficient (Wildman–Crippen LogP) is 1.83. The Labute approximate surface area is 102 Å². The third-order valence-electron chi connectivity index (χ3n) is 2.56. The van der Waals surface area contributed by atoms with E-state index in [9.17, 15) is 0 Å². The summed E-state index contributed by atoms with van der Waals surface area (Å²) in [5.41, 5.74) is 1.14. The van der Waals surface area contributed by atoms with E-state index in [-0.39, 0.29) is 0 Å². The first-order chi connectivity index (χ1) is 7.74. The molecule has 0 bridgehead atoms. The minimum atomic E-state index is 0.319. The van der Waals surface area contributed by atoms with Crippen LogP contribution in [0.25, 0.3) is 0 Å². The van der Waals surface area contributed by atoms with E-state index < -0.39 is 0 Å². The van der Waals surface area contributed by atoms with Gasteiger partial charge in [-0.2, -0.15) is 16.9 Å². The van der Waals surface area contributed by atoms with Crippen LogP contribution >= 0.6 is 11.8 Å². The van der Waals surface area contributed by atoms with Crippen molar-refractivity contribution in [2.75, 3.05) is 25.7 Å². The number of rotatable bonds is 7. The number of hydrogen-bond acceptors (Lipinski definition) is 4. The number of methoxy groups -OCH3 is 1. The van der Waals surface area contributed by atoms with E-state index in [1.54, 1.807) is 13.3 Å². The molecule has 0 spiro atoms. The van der Waals surface area contributed by atoms with Crippen molar-refractivity contribution in [3.8, 4) is 5.75 Å². The molecule has 0 radical (unpaired) electrons. The van der Waals surface area contributed by atoms with Crippen LogP contribution in [-0.4, -0.2) is 35.4 Å². The fourth-order valence-electron chi connectivity index (χ4n) is 1.80. The van der Waals surface area contributed by atoms with Gasteiger partial charge < -0.3 is 10.1 Å². The average Bonchev–Trinajstić information content (AvgIpc) is 2.66. The molecule has 0 aliphatic carbocycles. The molecule has 1 aromatic heterocycles. The monoisotopic (exact) mass is 243 g/mol. The number of aryl methyl sites for hydroxylation is 1. The predicted molar refractivity (Wildman–Crippen MR) is 69.2 cm³/mol. The van der Waals surface area contributed by atoms with Crippen molar-refractivity contribution in [3.05, 3.63) is 11.9 Å². The molecule has 0 aliphatic rings. The summed E-state index contributed by atoms with van der Waals surface area (Å²) in [4.78, 5) is 0. The summed E-state index contributed by atoms with van der Waals surface area (Å²) in [5.74, 6) is 2.00. The molecule has 0 saturated carbocycles. The first-order valence-corrected chi connectivity index (χ1v) is 6.92. The van der Waals surface area contributed by atoms with E-state index in [1.807, 2.05) is 23.5 Å². The Morgan fingerprint density at radius 1 is 1.62 bits per heavy atom. The SMILES string of the molecule is CCNC(CCSC)c1c(OC)cnn1C. The van der Waals surface area contributed by atoms with Gasteiger partial charge >= 0.3 is 0 Å². The second-order valence-electron chi connectivity index (χ2n) is 3.61. The molecule has 1 heterocycles. The van der Waals surface area contributed by atoms with Gasteiger partial charge in [0.15, 0.2) is 5.75 Å². The van der Waals surface area contributed by atoms with Crippen LogP contribution in [0.15, 0.2) is 6.20 Å². The molecule has 16 heavy (non-hydrogen) atoms. The Morgan fingerprint density at radius 2 is 2.38 bits per heavy atom. The molecular weight excluding hydrogens is 222 g/mol. The van der Waals surface area contributed by atoms with Crippen LogP contribution in [0, 0.1) is 0 Å². The van der Waals surface area contributed by atoms with Gasteiger partial charge in [-0.25, -0.2) is 0 Å². The molecule has 0 aromatic carbocycles. The lowest BCUT2D eigenvalue weighted by Crippen LogP contribution is -2.24. The van der Waals surface area contributed by atoms with Crippen LogP contribution in [0.1, 0.15) is 25.1 Å². The summed E-state index contributed by atoms with van der Waals surface area (Å²) in [6.07, 6.45) is 4.99. The molecule has 4 nitrogen and oxygen atoms in total. The van der Waals surface area contributed by atoms with Gasteiger partial charge in [0.1, 0.15) is 0 Å². The van der Waals surface area contributed by atoms with Gasteiger partial charge in [-0.3, -0.25) is 4.68 Å². The van der Waals surface area contributed by atoms with E-state index in [2.05, 4.69) is 23.6 Å². The lowest BCUT2D eigenvalue weighted by Gasteiger charge is -2.19. The molecule has 1 aromatic rings. The third-order valence-corrected chi connectivity index (χ3v) is 3.20. The van der Waals surface area contributed by atoms with Crippen molar-refractivity contribution < 1.29 is 4.74 Å². The van der Waals surface area contributed by atoms with Crippen molar-refractivity contribution in [2.24, 2.45) is 7.05 Å². The van der Waals surface area contributed by atoms with Crippen molar-refractivity contribution in [2.45, 2.75) is 19.4 Å². The third kappa shape index (κ3) is 3.15. The van der Waals surface area contributed by atoms with Crippen LogP contribution in [0.2, 0.25) is 0 Å². The van der Waals surface area contributed by atoms with Crippen LogP contribution in [0.5, 0.6) is 5.75 Å². The maximum absolute atomic E-state index is 5.34. The first kappa shape index (κ1) is 13.4. The summed E-state index contributed by atoms with van der Waals surface area (Å²) < 4.78 is 7.24. The highest BCUT2D eigenvalue weighted by atomic mass is 32.2. The van der Waals surface area contributed by atoms with Gasteiger partial charge in [0.25, 0.3) is 0 Å². The number of aromatic nitrogens is 2. The van der Waals surface area contributed by atoms with Gasteiger partial charge in [-0.05, 0) is 25.0 Å². The normalized spacial score (nSPS) is 12.8. The number of hydrogen-bond donors (Lipinski definition) is 1. The maximum atomic E-state index is 5.34. The summed E-state index contributed by atoms with van der Waals surface area (Å²) in [7, 11) is 3.65. The van der Waals surface area contributed by atoms with Gasteiger partial charge in [0, 0.05) is 7.05 Å². The fourth-order valence-corrected chi connectivity index (χ4v) is 2.27. The molecule has 0 saturated heterocycles. The lowest BCUT2D eigenvalue weighted by molar-refractivity contribution is 0.393. The second-order valence-corrected chi connectivity index (χ2v) is 4.60. The molecule has 0 amide bonds. The highest BCUT2D eigenvalue weighted by Gasteiger charge is 2.19. The quantitative estimate of drug-likeness (QED) is 0.793. The van der Waals surface area contributed by atoms with Crippen LogP contribution in [-0.2, 0) is 7.05 Å². The van der Waals surface area contributed by atoms with Crippen molar-refractivity contribution in [1.29, 1.82) is 0 Å². The van der Waals surface area contributed by atoms with Gasteiger partial charge in [0.05, 0.1) is 25.0 Å². The van der Waals surface area contributed by atoms with Crippen LogP contribution < -0.4 is 10.1 Å². The molecule has 0 aliphatic heterocycles. The minimum Gasteiger partial charge on any atom is -0.493 e. The fraction of sp³-hybridized carbons (Fsp3) is 0.727. The molecule has 92 valence electrons. The molecule has 1 unspecified atom stereocenters. The minimum absolute atomic E-state index is 0.319. The molecular formula is C11H21N3OS. The summed E-state index contributed by atoms with van der Waals surface area (Å²) in [5, 5.41) is 7.72. The van der Waals surface area contributed by atoms with Gasteiger partial charge in [0.2, 0.25) is 0 Å². The topological polar surface area (TPSA) is 39.1 Å². The van der Waals surface area contributed by atoms with E-state index >= 15 is 0 Å². The second kappa shape index (κ2) is 6.81. The van der Waals surface area contributed by atoms with Crippen molar-refractivity contribution >= 4 is 11.8 Å². The molecule has 1 atom stereocenters. The lowest BCUT2D eigenvalue weighted by atomic mass is 10.1. The van der Waals surface area contributed by atoms with Gasteiger partial charge in [-0.15, -0.1) is 0 Å². The zero-order valence-corrected chi connectivity index (χ0v) is 11.3. The van der Waals surface area contributed by atoms with E-state index in [0.29, 0.717) is 6.04 Å². The van der Waals surface area contributed by atoms with E-state index in [1.165, 1.54) is 0 Å². The van der Waals surface area contributed by atoms with Crippen LogP contribution in [0.4, 0.5) is 0 Å². The number of thioether (sulfide) groups is 1. The molecule has 1 N–H and O–H groups in total. The van der Waals surface area contributed by atoms with E-state index in [4.69, 9.17) is 4.74 Å². The highest BCUT2D eigenvalue weighted by Crippen LogP contribution is 2.27. The number of nitrogens with zero attached hydrogens (tertiary/aromatic N) is 2. The largest absolute Gasteiger partial charge is 0.493 e. The Kier molecular flexibility index (Phi) is 5.69. The Hall–Kier alpha value is -0.680. The van der Waals surface area contributed by atoms with Crippen molar-refractivity contribution in [3.63, 3.8) is 0 Å². The van der Waals surface area contributed by atoms with Crippen LogP contribution in [0.3, 0.4) is 0 Å². The smallest absolute Gasteiger partial charge is 0.161 e. The highest BCUT2D eigenvalue weighted by molar-refractivity contribution is 7.98. The zero-order valence-electron chi connectivity index (χ0n) is 10.5. The molecule has 0 fully saturated rings. The average molecular weight is 243 g/mol. The zero-order chi connectivity index (χ0) is 12.0. The molecule has 5 heteroatoms. The Balaban J connectivity index is 2.85. The summed E-state index contributed by atoms with van der Waals surface area (Å²) >= 11 is 1.86.